The van der Waals surface area contributed by atoms with Gasteiger partial charge in [-0.25, -0.2) is 14.4 Å². The zero-order valence-electron chi connectivity index (χ0n) is 18.4. The number of aromatic nitrogens is 4. The van der Waals surface area contributed by atoms with Crippen LogP contribution in [0.4, 0.5) is 10.3 Å². The molecule has 0 radical (unpaired) electrons. The number of hydrogen-bond donors (Lipinski definition) is 2. The lowest BCUT2D eigenvalue weighted by molar-refractivity contribution is 0.0646. The summed E-state index contributed by atoms with van der Waals surface area (Å²) >= 11 is 0. The van der Waals surface area contributed by atoms with E-state index in [1.54, 1.807) is 57.1 Å². The molecule has 0 fully saturated rings. The van der Waals surface area contributed by atoms with E-state index >= 15 is 0 Å². The number of benzene rings is 1. The van der Waals surface area contributed by atoms with E-state index in [-0.39, 0.29) is 17.4 Å². The third kappa shape index (κ3) is 4.83. The van der Waals surface area contributed by atoms with Gasteiger partial charge in [0, 0.05) is 20.4 Å². The molecule has 2 N–H and O–H groups in total. The van der Waals surface area contributed by atoms with Crippen molar-refractivity contribution in [3.63, 3.8) is 0 Å². The zero-order valence-corrected chi connectivity index (χ0v) is 18.4. The van der Waals surface area contributed by atoms with Crippen molar-refractivity contribution in [1.29, 1.82) is 0 Å². The van der Waals surface area contributed by atoms with Crippen LogP contribution < -0.4 is 10.9 Å². The van der Waals surface area contributed by atoms with Gasteiger partial charge in [-0.2, -0.15) is 0 Å². The van der Waals surface area contributed by atoms with Gasteiger partial charge in [0.25, 0.3) is 5.56 Å². The van der Waals surface area contributed by atoms with Crippen molar-refractivity contribution in [2.75, 3.05) is 19.0 Å². The number of halogens is 1. The third-order valence-corrected chi connectivity index (χ3v) is 5.31. The van der Waals surface area contributed by atoms with E-state index < -0.39 is 5.60 Å². The Bertz CT molecular complexity index is 1100. The molecule has 166 valence electrons. The van der Waals surface area contributed by atoms with Gasteiger partial charge in [-0.3, -0.25) is 14.2 Å². The van der Waals surface area contributed by atoms with Crippen LogP contribution in [-0.2, 0) is 18.3 Å². The van der Waals surface area contributed by atoms with E-state index in [9.17, 15) is 14.3 Å². The molecule has 0 spiro atoms. The first-order chi connectivity index (χ1) is 14.6. The van der Waals surface area contributed by atoms with Gasteiger partial charge in [-0.15, -0.1) is 0 Å². The first kappa shape index (κ1) is 22.6. The van der Waals surface area contributed by atoms with Gasteiger partial charge in [0.1, 0.15) is 5.82 Å². The van der Waals surface area contributed by atoms with Crippen molar-refractivity contribution in [2.45, 2.75) is 39.0 Å². The summed E-state index contributed by atoms with van der Waals surface area (Å²) in [5.74, 6) is -0.0538. The van der Waals surface area contributed by atoms with Crippen LogP contribution in [0.1, 0.15) is 20.8 Å². The molecule has 0 saturated heterocycles. The maximum atomic E-state index is 13.5. The average Bonchev–Trinajstić information content (AvgIpc) is 2.97. The molecule has 0 aliphatic rings. The lowest BCUT2D eigenvalue weighted by Crippen LogP contribution is -2.39. The second kappa shape index (κ2) is 8.99. The van der Waals surface area contributed by atoms with Crippen LogP contribution in [0.15, 0.2) is 41.3 Å². The molecule has 1 atom stereocenters. The number of anilines is 1. The third-order valence-electron chi connectivity index (χ3n) is 5.31. The fraction of sp³-hybridized carbons (Fsp3) is 0.409. The van der Waals surface area contributed by atoms with Gasteiger partial charge in [-0.05, 0) is 44.5 Å². The quantitative estimate of drug-likeness (QED) is 0.572. The first-order valence-electron chi connectivity index (χ1n) is 10.0. The van der Waals surface area contributed by atoms with Gasteiger partial charge in [-0.1, -0.05) is 12.1 Å². The molecule has 31 heavy (non-hydrogen) atoms. The summed E-state index contributed by atoms with van der Waals surface area (Å²) in [6.07, 6.45) is 1.59. The minimum atomic E-state index is -0.980. The fourth-order valence-corrected chi connectivity index (χ4v) is 3.16. The van der Waals surface area contributed by atoms with Crippen LogP contribution in [0.2, 0.25) is 0 Å². The highest BCUT2D eigenvalue weighted by molar-refractivity contribution is 5.79. The summed E-state index contributed by atoms with van der Waals surface area (Å²) in [6, 6.07) is 7.20. The number of rotatable bonds is 8. The molecular formula is C22H28FN5O3. The van der Waals surface area contributed by atoms with E-state index in [1.165, 1.54) is 16.8 Å². The van der Waals surface area contributed by atoms with E-state index in [0.29, 0.717) is 41.6 Å². The van der Waals surface area contributed by atoms with Crippen molar-refractivity contribution in [2.24, 2.45) is 7.05 Å². The SMILES string of the molecule is COCCn1c(-c2ccnc(NC(C)C(C)(C)O)n2)c(-c2ccc(F)cc2)c(=O)n1C. The molecule has 8 nitrogen and oxygen atoms in total. The molecule has 1 aromatic carbocycles. The number of nitrogens with zero attached hydrogens (tertiary/aromatic N) is 4. The number of aliphatic hydroxyl groups is 1. The normalized spacial score (nSPS) is 12.7. The highest BCUT2D eigenvalue weighted by atomic mass is 19.1. The summed E-state index contributed by atoms with van der Waals surface area (Å²) in [5.41, 5.74) is 0.901. The largest absolute Gasteiger partial charge is 0.388 e. The summed E-state index contributed by atoms with van der Waals surface area (Å²) in [5, 5.41) is 13.3. The van der Waals surface area contributed by atoms with Gasteiger partial charge < -0.3 is 15.2 Å². The Morgan fingerprint density at radius 2 is 1.94 bits per heavy atom. The molecule has 3 aromatic rings. The molecule has 0 bridgehead atoms. The summed E-state index contributed by atoms with van der Waals surface area (Å²) in [7, 11) is 3.26. The van der Waals surface area contributed by atoms with Gasteiger partial charge in [0.05, 0.1) is 41.7 Å². The van der Waals surface area contributed by atoms with Gasteiger partial charge in [0.2, 0.25) is 5.95 Å². The van der Waals surface area contributed by atoms with E-state index in [1.807, 2.05) is 6.92 Å². The fourth-order valence-electron chi connectivity index (χ4n) is 3.16. The van der Waals surface area contributed by atoms with Crippen molar-refractivity contribution < 1.29 is 14.2 Å². The second-order valence-corrected chi connectivity index (χ2v) is 7.96. The molecule has 1 unspecified atom stereocenters. The Labute approximate surface area is 180 Å². The van der Waals surface area contributed by atoms with E-state index in [4.69, 9.17) is 4.74 Å². The van der Waals surface area contributed by atoms with E-state index in [2.05, 4.69) is 15.3 Å². The van der Waals surface area contributed by atoms with Crippen LogP contribution in [0.5, 0.6) is 0 Å². The Morgan fingerprint density at radius 3 is 2.55 bits per heavy atom. The number of hydrogen-bond acceptors (Lipinski definition) is 6. The molecular weight excluding hydrogens is 401 g/mol. The lowest BCUT2D eigenvalue weighted by Gasteiger charge is -2.26. The standard InChI is InChI=1S/C22H28FN5O3/c1-14(22(2,3)30)25-21-24-11-10-17(26-21)19-18(15-6-8-16(23)9-7-15)20(29)27(4)28(19)12-13-31-5/h6-11,14,30H,12-13H2,1-5H3,(H,24,25,26). The van der Waals surface area contributed by atoms with Crippen molar-refractivity contribution in [3.8, 4) is 22.5 Å². The summed E-state index contributed by atoms with van der Waals surface area (Å²) in [6.45, 7) is 6.04. The minimum absolute atomic E-state index is 0.226. The van der Waals surface area contributed by atoms with Crippen LogP contribution in [0.25, 0.3) is 22.5 Å². The van der Waals surface area contributed by atoms with E-state index in [0.717, 1.165) is 0 Å². The molecule has 9 heteroatoms. The van der Waals surface area contributed by atoms with Crippen molar-refractivity contribution >= 4 is 5.95 Å². The predicted molar refractivity (Wildman–Crippen MR) is 117 cm³/mol. The highest BCUT2D eigenvalue weighted by Crippen LogP contribution is 2.30. The molecule has 0 saturated carbocycles. The monoisotopic (exact) mass is 429 g/mol. The van der Waals surface area contributed by atoms with Crippen LogP contribution >= 0.6 is 0 Å². The Balaban J connectivity index is 2.17. The summed E-state index contributed by atoms with van der Waals surface area (Å²) < 4.78 is 22.0. The number of ether oxygens (including phenoxy) is 1. The van der Waals surface area contributed by atoms with Crippen molar-refractivity contribution in [3.05, 3.63) is 52.7 Å². The first-order valence-corrected chi connectivity index (χ1v) is 10.0. The summed E-state index contributed by atoms with van der Waals surface area (Å²) in [4.78, 5) is 22.0. The molecule has 2 heterocycles. The Morgan fingerprint density at radius 1 is 1.26 bits per heavy atom. The Hall–Kier alpha value is -3.04. The van der Waals surface area contributed by atoms with Gasteiger partial charge in [0.15, 0.2) is 0 Å². The number of methoxy groups -OCH3 is 1. The smallest absolute Gasteiger partial charge is 0.274 e. The maximum Gasteiger partial charge on any atom is 0.274 e. The zero-order chi connectivity index (χ0) is 22.8. The van der Waals surface area contributed by atoms with Gasteiger partial charge >= 0.3 is 0 Å². The predicted octanol–water partition coefficient (Wildman–Crippen LogP) is 2.67. The molecule has 0 aliphatic heterocycles. The van der Waals surface area contributed by atoms with Crippen LogP contribution in [0, 0.1) is 5.82 Å². The van der Waals surface area contributed by atoms with Crippen LogP contribution in [-0.4, -0.2) is 49.8 Å². The second-order valence-electron chi connectivity index (χ2n) is 7.96. The molecule has 0 amide bonds. The highest BCUT2D eigenvalue weighted by Gasteiger charge is 2.25. The van der Waals surface area contributed by atoms with Crippen molar-refractivity contribution in [1.82, 2.24) is 19.3 Å². The maximum absolute atomic E-state index is 13.5. The lowest BCUT2D eigenvalue weighted by atomic mass is 10.0. The number of nitrogens with one attached hydrogen (secondary N) is 1. The average molecular weight is 429 g/mol. The van der Waals surface area contributed by atoms with Crippen LogP contribution in [0.3, 0.4) is 0 Å². The minimum Gasteiger partial charge on any atom is -0.388 e. The molecule has 0 aliphatic carbocycles. The molecule has 2 aromatic heterocycles. The topological polar surface area (TPSA) is 94.2 Å². The Kier molecular flexibility index (Phi) is 6.56. The molecule has 3 rings (SSSR count).